The topological polar surface area (TPSA) is 0 Å². The first kappa shape index (κ1) is 10.0. The molecule has 0 aromatic carbocycles. The van der Waals surface area contributed by atoms with E-state index >= 15 is 0 Å². The van der Waals surface area contributed by atoms with Crippen molar-refractivity contribution in [1.82, 2.24) is 0 Å². The molecule has 0 saturated carbocycles. The molecular weight excluding hydrogens is 187 g/mol. The second-order valence-electron chi connectivity index (χ2n) is 2.93. The van der Waals surface area contributed by atoms with E-state index in [1.807, 2.05) is 6.92 Å². The van der Waals surface area contributed by atoms with Gasteiger partial charge in [0.1, 0.15) is 7.85 Å². The summed E-state index contributed by atoms with van der Waals surface area (Å²) in [6.07, 6.45) is 6.35. The Hall–Kier alpha value is 0.0249. The average molecular weight is 201 g/mol. The molecule has 2 heteroatoms. The van der Waals surface area contributed by atoms with Crippen LogP contribution in [0.1, 0.15) is 20.8 Å². The number of hydrogen-bond donors (Lipinski definition) is 0. The highest BCUT2D eigenvalue weighted by molar-refractivity contribution is 9.10. The summed E-state index contributed by atoms with van der Waals surface area (Å²) in [5.74, 6) is 0. The quantitative estimate of drug-likeness (QED) is 0.365. The zero-order chi connectivity index (χ0) is 8.20. The molecule has 0 heterocycles. The molecule has 10 heavy (non-hydrogen) atoms. The molecular formula is C8H14BBr. The minimum atomic E-state index is 0.122. The molecule has 0 N–H and O–H groups in total. The van der Waals surface area contributed by atoms with Gasteiger partial charge in [-0.3, -0.25) is 0 Å². The van der Waals surface area contributed by atoms with Crippen LogP contribution in [-0.4, -0.2) is 12.1 Å². The van der Waals surface area contributed by atoms with E-state index in [0.29, 0.717) is 0 Å². The van der Waals surface area contributed by atoms with E-state index in [4.69, 9.17) is 0 Å². The number of halogens is 1. The molecule has 0 aromatic rings. The van der Waals surface area contributed by atoms with Crippen LogP contribution in [0.15, 0.2) is 23.8 Å². The van der Waals surface area contributed by atoms with Crippen LogP contribution in [0.25, 0.3) is 0 Å². The second-order valence-corrected chi connectivity index (χ2v) is 4.97. The highest BCUT2D eigenvalue weighted by Crippen LogP contribution is 2.14. The molecule has 1 unspecified atom stereocenters. The third kappa shape index (κ3) is 6.15. The van der Waals surface area contributed by atoms with Crippen molar-refractivity contribution in [2.75, 3.05) is 0 Å². The summed E-state index contributed by atoms with van der Waals surface area (Å²) in [6.45, 7) is 6.25. The van der Waals surface area contributed by atoms with Gasteiger partial charge in [0.25, 0.3) is 0 Å². The Morgan fingerprint density at radius 2 is 2.10 bits per heavy atom. The van der Waals surface area contributed by atoms with Gasteiger partial charge in [0.15, 0.2) is 0 Å². The van der Waals surface area contributed by atoms with Gasteiger partial charge >= 0.3 is 0 Å². The number of allylic oxidation sites excluding steroid dienone is 4. The van der Waals surface area contributed by atoms with Gasteiger partial charge in [-0.1, -0.05) is 46.7 Å². The van der Waals surface area contributed by atoms with Gasteiger partial charge in [-0.05, 0) is 13.8 Å². The Balaban J connectivity index is 4.01. The van der Waals surface area contributed by atoms with Crippen molar-refractivity contribution >= 4 is 23.8 Å². The summed E-state index contributed by atoms with van der Waals surface area (Å²) in [4.78, 5) is 0. The predicted octanol–water partition coefficient (Wildman–Crippen LogP) is 2.25. The van der Waals surface area contributed by atoms with E-state index in [1.165, 1.54) is 5.57 Å². The SMILES string of the molecule is BC(C)(Br)/C=C\C(C)=C\C. The van der Waals surface area contributed by atoms with Crippen LogP contribution in [0, 0.1) is 0 Å². The van der Waals surface area contributed by atoms with Gasteiger partial charge in [-0.2, -0.15) is 0 Å². The van der Waals surface area contributed by atoms with Crippen LogP contribution in [0.3, 0.4) is 0 Å². The Morgan fingerprint density at radius 1 is 1.60 bits per heavy atom. The molecule has 0 aromatic heterocycles. The van der Waals surface area contributed by atoms with Gasteiger partial charge < -0.3 is 0 Å². The average Bonchev–Trinajstić information content (AvgIpc) is 1.81. The van der Waals surface area contributed by atoms with E-state index < -0.39 is 0 Å². The minimum Gasteiger partial charge on any atom is -0.0911 e. The predicted molar refractivity (Wildman–Crippen MR) is 54.4 cm³/mol. The van der Waals surface area contributed by atoms with Crippen molar-refractivity contribution in [2.24, 2.45) is 0 Å². The van der Waals surface area contributed by atoms with E-state index in [2.05, 4.69) is 55.9 Å². The van der Waals surface area contributed by atoms with Gasteiger partial charge in [0.2, 0.25) is 0 Å². The van der Waals surface area contributed by atoms with Gasteiger partial charge in [0.05, 0.1) is 0 Å². The molecule has 0 fully saturated rings. The number of alkyl halides is 1. The zero-order valence-electron chi connectivity index (χ0n) is 7.11. The summed E-state index contributed by atoms with van der Waals surface area (Å²) in [5, 5.41) is 0. The Morgan fingerprint density at radius 3 is 2.40 bits per heavy atom. The van der Waals surface area contributed by atoms with Crippen LogP contribution >= 0.6 is 15.9 Å². The van der Waals surface area contributed by atoms with Crippen LogP contribution < -0.4 is 0 Å². The molecule has 0 nitrogen and oxygen atoms in total. The smallest absolute Gasteiger partial charge is 0.0911 e. The standard InChI is InChI=1S/C8H14BBr/c1-4-7(2)5-6-8(3,9)10/h4-6H,9H2,1-3H3/b6-5-,7-4+. The van der Waals surface area contributed by atoms with Crippen molar-refractivity contribution in [3.05, 3.63) is 23.8 Å². The number of rotatable bonds is 2. The van der Waals surface area contributed by atoms with Crippen LogP contribution in [-0.2, 0) is 0 Å². The van der Waals surface area contributed by atoms with Crippen LogP contribution in [0.4, 0.5) is 0 Å². The maximum atomic E-state index is 3.52. The zero-order valence-corrected chi connectivity index (χ0v) is 8.70. The lowest BCUT2D eigenvalue weighted by molar-refractivity contribution is 1.16. The highest BCUT2D eigenvalue weighted by Gasteiger charge is 2.05. The molecule has 1 atom stereocenters. The summed E-state index contributed by atoms with van der Waals surface area (Å²) < 4.78 is 0.122. The summed E-state index contributed by atoms with van der Waals surface area (Å²) in [5.41, 5.74) is 1.30. The van der Waals surface area contributed by atoms with Crippen LogP contribution in [0.5, 0.6) is 0 Å². The maximum Gasteiger partial charge on any atom is 0.127 e. The highest BCUT2D eigenvalue weighted by atomic mass is 79.9. The fraction of sp³-hybridized carbons (Fsp3) is 0.500. The first-order valence-corrected chi connectivity index (χ1v) is 4.26. The normalized spacial score (nSPS) is 19.4. The fourth-order valence-electron chi connectivity index (χ4n) is 0.426. The van der Waals surface area contributed by atoms with Crippen molar-refractivity contribution in [3.63, 3.8) is 0 Å². The molecule has 0 radical (unpaired) electrons. The summed E-state index contributed by atoms with van der Waals surface area (Å²) in [7, 11) is 2.12. The molecule has 0 amide bonds. The lowest BCUT2D eigenvalue weighted by atomic mass is 9.88. The van der Waals surface area contributed by atoms with E-state index in [1.54, 1.807) is 0 Å². The minimum absolute atomic E-state index is 0.122. The molecule has 0 spiro atoms. The Kier molecular flexibility index (Phi) is 4.03. The first-order valence-electron chi connectivity index (χ1n) is 3.47. The molecule has 0 aliphatic carbocycles. The van der Waals surface area contributed by atoms with E-state index in [9.17, 15) is 0 Å². The lowest BCUT2D eigenvalue weighted by Crippen LogP contribution is -2.09. The molecule has 0 aliphatic rings. The van der Waals surface area contributed by atoms with Crippen molar-refractivity contribution in [2.45, 2.75) is 25.0 Å². The lowest BCUT2D eigenvalue weighted by Gasteiger charge is -2.08. The monoisotopic (exact) mass is 200 g/mol. The van der Waals surface area contributed by atoms with Gasteiger partial charge in [0, 0.05) is 4.22 Å². The largest absolute Gasteiger partial charge is 0.127 e. The summed E-state index contributed by atoms with van der Waals surface area (Å²) in [6, 6.07) is 0. The molecule has 0 rings (SSSR count). The second kappa shape index (κ2) is 4.02. The number of hydrogen-bond acceptors (Lipinski definition) is 0. The summed E-state index contributed by atoms with van der Waals surface area (Å²) >= 11 is 3.52. The molecule has 56 valence electrons. The van der Waals surface area contributed by atoms with Gasteiger partial charge in [-0.15, -0.1) is 0 Å². The third-order valence-corrected chi connectivity index (χ3v) is 1.46. The molecule has 0 aliphatic heterocycles. The van der Waals surface area contributed by atoms with Gasteiger partial charge in [-0.25, -0.2) is 0 Å². The molecule has 0 bridgehead atoms. The van der Waals surface area contributed by atoms with Crippen molar-refractivity contribution in [3.8, 4) is 0 Å². The Bertz CT molecular complexity index is 151. The van der Waals surface area contributed by atoms with E-state index in [-0.39, 0.29) is 4.22 Å². The van der Waals surface area contributed by atoms with E-state index in [0.717, 1.165) is 0 Å². The van der Waals surface area contributed by atoms with Crippen molar-refractivity contribution in [1.29, 1.82) is 0 Å². The third-order valence-electron chi connectivity index (χ3n) is 1.20. The fourth-order valence-corrected chi connectivity index (χ4v) is 0.558. The Labute approximate surface area is 72.9 Å². The van der Waals surface area contributed by atoms with Crippen LogP contribution in [0.2, 0.25) is 0 Å². The van der Waals surface area contributed by atoms with Crippen molar-refractivity contribution < 1.29 is 0 Å². The first-order chi connectivity index (χ1) is 4.45. The maximum absolute atomic E-state index is 3.52. The molecule has 0 saturated heterocycles.